The van der Waals surface area contributed by atoms with E-state index in [-0.39, 0.29) is 29.7 Å². The number of rotatable bonds is 8. The molecule has 3 rings (SSSR count). The number of esters is 1. The highest BCUT2D eigenvalue weighted by atomic mass is 79.9. The predicted octanol–water partition coefficient (Wildman–Crippen LogP) is 2.97. The summed E-state index contributed by atoms with van der Waals surface area (Å²) < 4.78 is 37.4. The third-order valence-corrected chi connectivity index (χ3v) is 6.64. The number of aromatic nitrogens is 2. The minimum atomic E-state index is -3.59. The van der Waals surface area contributed by atoms with E-state index < -0.39 is 16.0 Å². The number of hydrogen-bond acceptors (Lipinski definition) is 8. The van der Waals surface area contributed by atoms with Gasteiger partial charge >= 0.3 is 5.97 Å². The topological polar surface area (TPSA) is 111 Å². The van der Waals surface area contributed by atoms with Crippen molar-refractivity contribution in [2.24, 2.45) is 0 Å². The first-order valence-electron chi connectivity index (χ1n) is 7.71. The molecule has 1 N–H and O–H groups in total. The van der Waals surface area contributed by atoms with Crippen LogP contribution in [0.3, 0.4) is 0 Å². The van der Waals surface area contributed by atoms with Gasteiger partial charge in [-0.1, -0.05) is 39.3 Å². The maximum Gasteiger partial charge on any atom is 0.307 e. The summed E-state index contributed by atoms with van der Waals surface area (Å²) >= 11 is 4.46. The molecule has 27 heavy (non-hydrogen) atoms. The molecule has 11 heteroatoms. The first kappa shape index (κ1) is 19.7. The van der Waals surface area contributed by atoms with E-state index in [1.807, 2.05) is 24.3 Å². The number of carbonyl (C=O) groups excluding carboxylic acids is 1. The summed E-state index contributed by atoms with van der Waals surface area (Å²) in [5, 5.41) is 5.50. The Morgan fingerprint density at radius 1 is 1.30 bits per heavy atom. The minimum Gasteiger partial charge on any atom is -0.456 e. The lowest BCUT2D eigenvalue weighted by atomic mass is 10.2. The fraction of sp³-hybridized carbons (Fsp3) is 0.188. The Labute approximate surface area is 167 Å². The average Bonchev–Trinajstić information content (AvgIpc) is 3.32. The van der Waals surface area contributed by atoms with Gasteiger partial charge in [-0.3, -0.25) is 4.79 Å². The lowest BCUT2D eigenvalue weighted by molar-refractivity contribution is -0.145. The van der Waals surface area contributed by atoms with Gasteiger partial charge in [0.25, 0.3) is 5.89 Å². The predicted molar refractivity (Wildman–Crippen MR) is 101 cm³/mol. The Morgan fingerprint density at radius 3 is 2.89 bits per heavy atom. The Morgan fingerprint density at radius 2 is 2.15 bits per heavy atom. The highest BCUT2D eigenvalue weighted by Gasteiger charge is 2.16. The second-order valence-corrected chi connectivity index (χ2v) is 9.12. The zero-order valence-electron chi connectivity index (χ0n) is 13.8. The van der Waals surface area contributed by atoms with Crippen LogP contribution in [0.2, 0.25) is 0 Å². The molecule has 3 aromatic rings. The number of hydrogen-bond donors (Lipinski definition) is 1. The average molecular weight is 472 g/mol. The molecule has 0 radical (unpaired) electrons. The molecule has 142 valence electrons. The van der Waals surface area contributed by atoms with Gasteiger partial charge in [-0.05, 0) is 23.6 Å². The zero-order chi connectivity index (χ0) is 19.3. The monoisotopic (exact) mass is 471 g/mol. The van der Waals surface area contributed by atoms with Crippen molar-refractivity contribution in [2.45, 2.75) is 17.2 Å². The summed E-state index contributed by atoms with van der Waals surface area (Å²) in [6.07, 6.45) is -0.114. The van der Waals surface area contributed by atoms with Crippen LogP contribution in [0.1, 0.15) is 12.3 Å². The third kappa shape index (κ3) is 5.45. The lowest BCUT2D eigenvalue weighted by Gasteiger charge is -2.04. The molecule has 1 aromatic carbocycles. The van der Waals surface area contributed by atoms with Crippen LogP contribution in [-0.4, -0.2) is 31.1 Å². The van der Waals surface area contributed by atoms with Crippen molar-refractivity contribution < 1.29 is 22.5 Å². The molecule has 2 heterocycles. The summed E-state index contributed by atoms with van der Waals surface area (Å²) in [6.45, 7) is -0.246. The minimum absolute atomic E-state index is 0.0633. The molecule has 0 aliphatic heterocycles. The van der Waals surface area contributed by atoms with Gasteiger partial charge < -0.3 is 9.26 Å². The number of thiophene rings is 1. The van der Waals surface area contributed by atoms with Crippen LogP contribution < -0.4 is 4.72 Å². The quantitative estimate of drug-likeness (QED) is 0.502. The van der Waals surface area contributed by atoms with Crippen molar-refractivity contribution in [3.8, 4) is 11.4 Å². The maximum absolute atomic E-state index is 11.9. The number of nitrogens with zero attached hydrogens (tertiary/aromatic N) is 2. The fourth-order valence-electron chi connectivity index (χ4n) is 2.05. The number of benzene rings is 1. The number of carbonyl (C=O) groups is 1. The van der Waals surface area contributed by atoms with Gasteiger partial charge in [0.05, 0.1) is 6.42 Å². The van der Waals surface area contributed by atoms with Crippen LogP contribution in [0, 0.1) is 0 Å². The first-order valence-corrected chi connectivity index (χ1v) is 10.9. The molecule has 0 atom stereocenters. The SMILES string of the molecule is O=C(CCNS(=O)(=O)c1cccs1)OCc1nc(-c2cccc(Br)c2)no1. The number of halogens is 1. The molecule has 0 spiro atoms. The Bertz CT molecular complexity index is 1020. The normalized spacial score (nSPS) is 11.4. The fourth-order valence-corrected chi connectivity index (χ4v) is 4.52. The van der Waals surface area contributed by atoms with Crippen molar-refractivity contribution in [1.82, 2.24) is 14.9 Å². The molecule has 0 bridgehead atoms. The summed E-state index contributed by atoms with van der Waals surface area (Å²) in [5.41, 5.74) is 0.758. The molecular formula is C16H14BrN3O5S2. The van der Waals surface area contributed by atoms with Crippen molar-refractivity contribution in [1.29, 1.82) is 0 Å². The Balaban J connectivity index is 1.46. The van der Waals surface area contributed by atoms with E-state index in [1.165, 1.54) is 6.07 Å². The molecule has 0 saturated heterocycles. The highest BCUT2D eigenvalue weighted by Crippen LogP contribution is 2.20. The van der Waals surface area contributed by atoms with Crippen LogP contribution in [0.5, 0.6) is 0 Å². The van der Waals surface area contributed by atoms with Gasteiger partial charge in [0, 0.05) is 16.6 Å². The van der Waals surface area contributed by atoms with Crippen molar-refractivity contribution in [3.63, 3.8) is 0 Å². The molecule has 0 aliphatic rings. The van der Waals surface area contributed by atoms with Crippen LogP contribution in [0.15, 0.2) is 55.0 Å². The molecule has 2 aromatic heterocycles. The summed E-state index contributed by atoms with van der Waals surface area (Å²) in [7, 11) is -3.59. The number of ether oxygens (including phenoxy) is 1. The van der Waals surface area contributed by atoms with Crippen LogP contribution in [0.4, 0.5) is 0 Å². The molecule has 8 nitrogen and oxygen atoms in total. The molecular weight excluding hydrogens is 458 g/mol. The molecule has 0 fully saturated rings. The van der Waals surface area contributed by atoms with Gasteiger partial charge in [-0.25, -0.2) is 13.1 Å². The lowest BCUT2D eigenvalue weighted by Crippen LogP contribution is -2.26. The summed E-state index contributed by atoms with van der Waals surface area (Å²) in [6, 6.07) is 10.5. The second kappa shape index (κ2) is 8.74. The third-order valence-electron chi connectivity index (χ3n) is 3.29. The standard InChI is InChI=1S/C16H14BrN3O5S2/c17-12-4-1-3-11(9-12)16-19-13(25-20-16)10-24-14(21)6-7-18-27(22,23)15-5-2-8-26-15/h1-5,8-9,18H,6-7,10H2. The van der Waals surface area contributed by atoms with Crippen molar-refractivity contribution in [3.05, 3.63) is 52.1 Å². The zero-order valence-corrected chi connectivity index (χ0v) is 17.0. The van der Waals surface area contributed by atoms with Crippen LogP contribution >= 0.6 is 27.3 Å². The number of nitrogens with one attached hydrogen (secondary N) is 1. The van der Waals surface area contributed by atoms with Gasteiger partial charge in [0.15, 0.2) is 6.61 Å². The van der Waals surface area contributed by atoms with Crippen molar-refractivity contribution >= 4 is 43.3 Å². The van der Waals surface area contributed by atoms with Gasteiger partial charge in [-0.15, -0.1) is 11.3 Å². The van der Waals surface area contributed by atoms with Crippen molar-refractivity contribution in [2.75, 3.05) is 6.54 Å². The Kier molecular flexibility index (Phi) is 6.37. The van der Waals surface area contributed by atoms with Gasteiger partial charge in [-0.2, -0.15) is 4.98 Å². The van der Waals surface area contributed by atoms with E-state index in [1.54, 1.807) is 11.4 Å². The number of sulfonamides is 1. The van der Waals surface area contributed by atoms with Gasteiger partial charge in [0.2, 0.25) is 15.8 Å². The van der Waals surface area contributed by atoms with E-state index in [9.17, 15) is 13.2 Å². The molecule has 0 saturated carbocycles. The largest absolute Gasteiger partial charge is 0.456 e. The van der Waals surface area contributed by atoms with E-state index in [4.69, 9.17) is 9.26 Å². The first-order chi connectivity index (χ1) is 12.9. The van der Waals surface area contributed by atoms with E-state index >= 15 is 0 Å². The smallest absolute Gasteiger partial charge is 0.307 e. The summed E-state index contributed by atoms with van der Waals surface area (Å²) in [4.78, 5) is 15.9. The highest BCUT2D eigenvalue weighted by molar-refractivity contribution is 9.10. The van der Waals surface area contributed by atoms with E-state index in [0.29, 0.717) is 5.82 Å². The Hall–Kier alpha value is -2.08. The van der Waals surface area contributed by atoms with E-state index in [2.05, 4.69) is 30.8 Å². The second-order valence-electron chi connectivity index (χ2n) is 5.26. The maximum atomic E-state index is 11.9. The van der Waals surface area contributed by atoms with Crippen LogP contribution in [-0.2, 0) is 26.2 Å². The molecule has 0 aliphatic carbocycles. The van der Waals surface area contributed by atoms with Crippen LogP contribution in [0.25, 0.3) is 11.4 Å². The summed E-state index contributed by atoms with van der Waals surface area (Å²) in [5.74, 6) is -0.0466. The van der Waals surface area contributed by atoms with Gasteiger partial charge in [0.1, 0.15) is 4.21 Å². The molecule has 0 unspecified atom stereocenters. The van der Waals surface area contributed by atoms with E-state index in [0.717, 1.165) is 21.4 Å². The molecule has 0 amide bonds.